The zero-order valence-electron chi connectivity index (χ0n) is 29.2. The average Bonchev–Trinajstić information content (AvgIpc) is 3.70. The molecule has 0 unspecified atom stereocenters. The zero-order valence-corrected chi connectivity index (χ0v) is 30.8. The number of allylic oxidation sites excluding steroid dienone is 2. The normalized spacial score (nSPS) is 12.8. The number of halogens is 8. The fourth-order valence-corrected chi connectivity index (χ4v) is 9.77. The summed E-state index contributed by atoms with van der Waals surface area (Å²) in [5, 5.41) is 40.0. The fourth-order valence-electron chi connectivity index (χ4n) is 6.96. The van der Waals surface area contributed by atoms with Crippen molar-refractivity contribution in [3.05, 3.63) is 130 Å². The Bertz CT molecular complexity index is 2960. The van der Waals surface area contributed by atoms with E-state index < -0.39 is 142 Å². The first-order valence-electron chi connectivity index (χ1n) is 16.3. The van der Waals surface area contributed by atoms with Gasteiger partial charge in [0.1, 0.15) is 68.3 Å². The number of ether oxygens (including phenoxy) is 2. The molecule has 0 heterocycles. The lowest BCUT2D eigenvalue weighted by Crippen LogP contribution is -2.19. The van der Waals surface area contributed by atoms with E-state index in [9.17, 15) is 64.2 Å². The fraction of sp³-hybridized carbons (Fsp3) is 0.0500. The van der Waals surface area contributed by atoms with Crippen LogP contribution in [0.15, 0.2) is 116 Å². The molecule has 10 nitrogen and oxygen atoms in total. The highest BCUT2D eigenvalue weighted by molar-refractivity contribution is 7.92. The van der Waals surface area contributed by atoms with Gasteiger partial charge >= 0.3 is 12.7 Å². The van der Waals surface area contributed by atoms with E-state index in [0.29, 0.717) is 24.3 Å². The number of nitriles is 4. The van der Waals surface area contributed by atoms with E-state index in [1.54, 1.807) is 0 Å². The van der Waals surface area contributed by atoms with Crippen LogP contribution >= 0.6 is 0 Å². The second-order valence-electron chi connectivity index (χ2n) is 12.5. The quantitative estimate of drug-likeness (QED) is 0.116. The summed E-state index contributed by atoms with van der Waals surface area (Å²) in [5.74, 6) is -6.37. The van der Waals surface area contributed by atoms with Crippen LogP contribution in [0.5, 0.6) is 11.5 Å². The Morgan fingerprint density at radius 2 is 0.800 bits per heavy atom. The minimum absolute atomic E-state index is 0.354. The largest absolute Gasteiger partial charge is 0.573 e. The van der Waals surface area contributed by atoms with E-state index in [4.69, 9.17) is 0 Å². The molecule has 0 spiro atoms. The Morgan fingerprint density at radius 1 is 0.483 bits per heavy atom. The molecule has 0 atom stereocenters. The summed E-state index contributed by atoms with van der Waals surface area (Å²) in [4.78, 5) is -3.62. The summed E-state index contributed by atoms with van der Waals surface area (Å²) in [6.45, 7) is 0. The third kappa shape index (κ3) is 6.44. The van der Waals surface area contributed by atoms with Crippen molar-refractivity contribution in [1.29, 1.82) is 21.0 Å². The maximum absolute atomic E-state index is 17.5. The Hall–Kier alpha value is -7.52. The Labute approximate surface area is 332 Å². The number of nitrogens with zero attached hydrogens (tertiary/aromatic N) is 4. The van der Waals surface area contributed by atoms with Gasteiger partial charge in [0.05, 0.1) is 9.79 Å². The third-order valence-corrected chi connectivity index (χ3v) is 12.8. The van der Waals surface area contributed by atoms with Gasteiger partial charge in [0.2, 0.25) is 19.7 Å². The summed E-state index contributed by atoms with van der Waals surface area (Å²) in [7, 11) is -10.0. The monoisotopic (exact) mass is 862 g/mol. The average molecular weight is 863 g/mol. The molecular formula is C40H14F8N4O6S2. The molecule has 0 fully saturated rings. The van der Waals surface area contributed by atoms with E-state index in [1.165, 1.54) is 60.7 Å². The van der Waals surface area contributed by atoms with Gasteiger partial charge in [-0.05, 0) is 70.8 Å². The van der Waals surface area contributed by atoms with Crippen LogP contribution in [-0.4, -0.2) is 29.6 Å². The number of hydrogen-bond donors (Lipinski definition) is 0. The maximum atomic E-state index is 17.5. The summed E-state index contributed by atoms with van der Waals surface area (Å²) in [6, 6.07) is 19.1. The lowest BCUT2D eigenvalue weighted by atomic mass is 9.91. The molecule has 0 amide bonds. The number of fused-ring (bicyclic) bond motifs is 6. The standard InChI is InChI=1S/C40H14F8N4O6S2/c41-37-33-23-11-27(57-39(43,44)45)29(59(53,54)21-7-3-1-4-8-21)13-25(23)31(19(15-49)16-50)35(33)38(42)34-24-12-28(58-40(46,47)48)30(60(55,56)22-9-5-2-6-10-22)14-26(24)32(36(34)37)20(17-51)18-52/h1-14H. The zero-order chi connectivity index (χ0) is 43.7. The Balaban J connectivity index is 1.64. The second kappa shape index (κ2) is 14.1. The topological polar surface area (TPSA) is 182 Å². The number of hydrogen-bond acceptors (Lipinski definition) is 10. The third-order valence-electron chi connectivity index (χ3n) is 9.21. The maximum Gasteiger partial charge on any atom is 0.573 e. The molecule has 60 heavy (non-hydrogen) atoms. The Morgan fingerprint density at radius 3 is 1.08 bits per heavy atom. The highest BCUT2D eigenvalue weighted by Crippen LogP contribution is 2.59. The lowest BCUT2D eigenvalue weighted by Gasteiger charge is -2.16. The van der Waals surface area contributed by atoms with Crippen LogP contribution in [-0.2, 0) is 19.7 Å². The van der Waals surface area contributed by atoms with Crippen molar-refractivity contribution in [2.24, 2.45) is 0 Å². The van der Waals surface area contributed by atoms with Crippen LogP contribution < -0.4 is 9.47 Å². The molecule has 0 aliphatic heterocycles. The van der Waals surface area contributed by atoms with Crippen LogP contribution in [0.25, 0.3) is 33.4 Å². The molecular weight excluding hydrogens is 849 g/mol. The molecule has 0 saturated carbocycles. The molecule has 2 aliphatic rings. The van der Waals surface area contributed by atoms with Gasteiger partial charge in [-0.1, -0.05) is 36.4 Å². The van der Waals surface area contributed by atoms with E-state index in [0.717, 1.165) is 24.3 Å². The van der Waals surface area contributed by atoms with E-state index in [2.05, 4.69) is 9.47 Å². The van der Waals surface area contributed by atoms with Gasteiger partial charge in [0.15, 0.2) is 0 Å². The first-order chi connectivity index (χ1) is 28.2. The predicted molar refractivity (Wildman–Crippen MR) is 189 cm³/mol. The van der Waals surface area contributed by atoms with Crippen LogP contribution in [0.3, 0.4) is 0 Å². The van der Waals surface area contributed by atoms with Crippen molar-refractivity contribution < 1.29 is 61.4 Å². The molecule has 0 radical (unpaired) electrons. The van der Waals surface area contributed by atoms with E-state index in [1.807, 2.05) is 0 Å². The van der Waals surface area contributed by atoms with Gasteiger partial charge < -0.3 is 9.47 Å². The summed E-state index contributed by atoms with van der Waals surface area (Å²) >= 11 is 0. The van der Waals surface area contributed by atoms with Crippen molar-refractivity contribution in [2.45, 2.75) is 32.3 Å². The van der Waals surface area contributed by atoms with Gasteiger partial charge in [-0.25, -0.2) is 25.6 Å². The molecule has 0 saturated heterocycles. The van der Waals surface area contributed by atoms with Crippen LogP contribution in [0.4, 0.5) is 35.1 Å². The summed E-state index contributed by atoms with van der Waals surface area (Å²) < 4.78 is 182. The molecule has 5 aromatic carbocycles. The molecule has 7 rings (SSSR count). The van der Waals surface area contributed by atoms with Gasteiger partial charge in [-0.2, -0.15) is 21.0 Å². The van der Waals surface area contributed by atoms with Crippen molar-refractivity contribution >= 4 is 30.8 Å². The van der Waals surface area contributed by atoms with Crippen molar-refractivity contribution in [2.75, 3.05) is 0 Å². The first-order valence-corrected chi connectivity index (χ1v) is 19.3. The smallest absolute Gasteiger partial charge is 0.404 e. The van der Waals surface area contributed by atoms with Gasteiger partial charge in [-0.3, -0.25) is 0 Å². The molecule has 298 valence electrons. The summed E-state index contributed by atoms with van der Waals surface area (Å²) in [6.07, 6.45) is -11.2. The van der Waals surface area contributed by atoms with E-state index >= 15 is 8.78 Å². The molecule has 0 aromatic heterocycles. The van der Waals surface area contributed by atoms with E-state index in [-0.39, 0.29) is 0 Å². The van der Waals surface area contributed by atoms with Gasteiger partial charge in [0, 0.05) is 33.4 Å². The highest BCUT2D eigenvalue weighted by atomic mass is 32.2. The minimum atomic E-state index is -5.61. The number of rotatable bonds is 6. The SMILES string of the molecule is N#CC(C#N)=C1c2cc(S(=O)(=O)c3ccccc3)c(OC(F)(F)F)cc2-c2c(F)c3c(c(F)c21)-c1cc(OC(F)(F)F)c(S(=O)(=O)c2ccccc2)cc1C3=C(C#N)C#N. The van der Waals surface area contributed by atoms with Crippen LogP contribution in [0.1, 0.15) is 22.3 Å². The first kappa shape index (κ1) is 40.7. The van der Waals surface area contributed by atoms with Gasteiger partial charge in [0.25, 0.3) is 0 Å². The lowest BCUT2D eigenvalue weighted by molar-refractivity contribution is -0.276. The summed E-state index contributed by atoms with van der Waals surface area (Å²) in [5.41, 5.74) is -11.1. The molecule has 0 N–H and O–H groups in total. The highest BCUT2D eigenvalue weighted by Gasteiger charge is 2.45. The van der Waals surface area contributed by atoms with Crippen LogP contribution in [0, 0.1) is 57.0 Å². The van der Waals surface area contributed by atoms with Crippen molar-refractivity contribution in [1.82, 2.24) is 0 Å². The molecule has 2 aliphatic carbocycles. The van der Waals surface area contributed by atoms with Crippen LogP contribution in [0.2, 0.25) is 0 Å². The number of alkyl halides is 6. The Kier molecular flexibility index (Phi) is 9.55. The van der Waals surface area contributed by atoms with Gasteiger partial charge in [-0.15, -0.1) is 26.3 Å². The minimum Gasteiger partial charge on any atom is -0.404 e. The van der Waals surface area contributed by atoms with Crippen molar-refractivity contribution in [3.63, 3.8) is 0 Å². The second-order valence-corrected chi connectivity index (χ2v) is 16.3. The van der Waals surface area contributed by atoms with Crippen molar-refractivity contribution in [3.8, 4) is 58.0 Å². The predicted octanol–water partition coefficient (Wildman–Crippen LogP) is 9.09. The number of benzene rings is 5. The number of sulfone groups is 2. The molecule has 0 bridgehead atoms. The molecule has 5 aromatic rings. The molecule has 20 heteroatoms.